The summed E-state index contributed by atoms with van der Waals surface area (Å²) in [5.41, 5.74) is 1.89. The molecule has 0 saturated heterocycles. The van der Waals surface area contributed by atoms with Crippen LogP contribution in [-0.2, 0) is 6.54 Å². The van der Waals surface area contributed by atoms with Crippen molar-refractivity contribution in [2.45, 2.75) is 32.9 Å². The Morgan fingerprint density at radius 1 is 1.23 bits per heavy atom. The number of benzene rings is 1. The summed E-state index contributed by atoms with van der Waals surface area (Å²) in [7, 11) is 1.46. The van der Waals surface area contributed by atoms with E-state index < -0.39 is 11.5 Å². The van der Waals surface area contributed by atoms with E-state index in [0.29, 0.717) is 18.0 Å². The highest BCUT2D eigenvalue weighted by Crippen LogP contribution is 2.29. The lowest BCUT2D eigenvalue weighted by Crippen LogP contribution is -2.34. The fourth-order valence-corrected chi connectivity index (χ4v) is 2.96. The SMILES string of the molecule is CNC(=O)c1cc(C(=O)NC2CC2C)cn(Cc2cccc(C)c2)c1=O. The molecule has 0 radical (unpaired) electrons. The normalized spacial score (nSPS) is 18.3. The fourth-order valence-electron chi connectivity index (χ4n) is 2.96. The van der Waals surface area contributed by atoms with Crippen LogP contribution >= 0.6 is 0 Å². The Morgan fingerprint density at radius 3 is 2.58 bits per heavy atom. The first-order valence-corrected chi connectivity index (χ1v) is 8.72. The van der Waals surface area contributed by atoms with Crippen LogP contribution in [0.1, 0.15) is 45.2 Å². The molecule has 0 aliphatic heterocycles. The van der Waals surface area contributed by atoms with Crippen molar-refractivity contribution < 1.29 is 9.59 Å². The zero-order valence-electron chi connectivity index (χ0n) is 15.2. The molecule has 136 valence electrons. The first-order chi connectivity index (χ1) is 12.4. The van der Waals surface area contributed by atoms with E-state index in [4.69, 9.17) is 0 Å². The maximum atomic E-state index is 12.7. The van der Waals surface area contributed by atoms with E-state index in [9.17, 15) is 14.4 Å². The topological polar surface area (TPSA) is 80.2 Å². The monoisotopic (exact) mass is 353 g/mol. The van der Waals surface area contributed by atoms with E-state index in [1.807, 2.05) is 31.2 Å². The second kappa shape index (κ2) is 7.15. The van der Waals surface area contributed by atoms with Crippen LogP contribution in [0.3, 0.4) is 0 Å². The van der Waals surface area contributed by atoms with E-state index in [0.717, 1.165) is 17.5 Å². The highest BCUT2D eigenvalue weighted by atomic mass is 16.2. The van der Waals surface area contributed by atoms with Crippen LogP contribution in [0.2, 0.25) is 0 Å². The maximum absolute atomic E-state index is 12.7. The molecule has 1 aliphatic rings. The number of pyridine rings is 1. The summed E-state index contributed by atoms with van der Waals surface area (Å²) in [6.07, 6.45) is 2.48. The van der Waals surface area contributed by atoms with Gasteiger partial charge in [0.1, 0.15) is 5.56 Å². The lowest BCUT2D eigenvalue weighted by Gasteiger charge is -2.12. The van der Waals surface area contributed by atoms with Gasteiger partial charge in [-0.15, -0.1) is 0 Å². The highest BCUT2D eigenvalue weighted by molar-refractivity contribution is 5.99. The number of hydrogen-bond donors (Lipinski definition) is 2. The number of carbonyl (C=O) groups is 2. The number of rotatable bonds is 5. The van der Waals surface area contributed by atoms with Gasteiger partial charge in [0.05, 0.1) is 12.1 Å². The predicted molar refractivity (Wildman–Crippen MR) is 99.4 cm³/mol. The quantitative estimate of drug-likeness (QED) is 0.859. The molecular formula is C20H23N3O3. The van der Waals surface area contributed by atoms with Crippen molar-refractivity contribution in [1.82, 2.24) is 15.2 Å². The summed E-state index contributed by atoms with van der Waals surface area (Å²) >= 11 is 0. The molecule has 1 aliphatic carbocycles. The van der Waals surface area contributed by atoms with E-state index >= 15 is 0 Å². The van der Waals surface area contributed by atoms with Crippen molar-refractivity contribution in [2.75, 3.05) is 7.05 Å². The molecule has 2 N–H and O–H groups in total. The number of carbonyl (C=O) groups excluding carboxylic acids is 2. The van der Waals surface area contributed by atoms with Crippen LogP contribution < -0.4 is 16.2 Å². The van der Waals surface area contributed by atoms with Gasteiger partial charge in [0.15, 0.2) is 0 Å². The van der Waals surface area contributed by atoms with E-state index in [-0.39, 0.29) is 17.5 Å². The lowest BCUT2D eigenvalue weighted by molar-refractivity contribution is 0.0948. The molecule has 6 heteroatoms. The number of hydrogen-bond acceptors (Lipinski definition) is 3. The zero-order chi connectivity index (χ0) is 18.8. The molecule has 2 unspecified atom stereocenters. The minimum absolute atomic E-state index is 0.0309. The average molecular weight is 353 g/mol. The molecule has 2 atom stereocenters. The largest absolute Gasteiger partial charge is 0.355 e. The number of amides is 2. The van der Waals surface area contributed by atoms with Gasteiger partial charge in [0, 0.05) is 19.3 Å². The third-order valence-electron chi connectivity index (χ3n) is 4.68. The van der Waals surface area contributed by atoms with Gasteiger partial charge in [0.2, 0.25) is 0 Å². The summed E-state index contributed by atoms with van der Waals surface area (Å²) in [4.78, 5) is 37.3. The second-order valence-corrected chi connectivity index (χ2v) is 6.94. The van der Waals surface area contributed by atoms with Crippen molar-refractivity contribution in [3.63, 3.8) is 0 Å². The first-order valence-electron chi connectivity index (χ1n) is 8.72. The van der Waals surface area contributed by atoms with Gasteiger partial charge < -0.3 is 15.2 Å². The average Bonchev–Trinajstić information content (AvgIpc) is 3.30. The molecular weight excluding hydrogens is 330 g/mol. The fraction of sp³-hybridized carbons (Fsp3) is 0.350. The van der Waals surface area contributed by atoms with Crippen molar-refractivity contribution >= 4 is 11.8 Å². The van der Waals surface area contributed by atoms with Crippen molar-refractivity contribution in [2.24, 2.45) is 5.92 Å². The molecule has 1 aromatic heterocycles. The van der Waals surface area contributed by atoms with Gasteiger partial charge in [0.25, 0.3) is 17.4 Å². The Morgan fingerprint density at radius 2 is 1.96 bits per heavy atom. The Kier molecular flexibility index (Phi) is 4.93. The molecule has 2 aromatic rings. The summed E-state index contributed by atoms with van der Waals surface area (Å²) in [5.74, 6) is -0.291. The molecule has 1 aromatic carbocycles. The van der Waals surface area contributed by atoms with E-state index in [2.05, 4.69) is 17.6 Å². The Bertz CT molecular complexity index is 917. The van der Waals surface area contributed by atoms with Gasteiger partial charge in [-0.2, -0.15) is 0 Å². The second-order valence-electron chi connectivity index (χ2n) is 6.94. The summed E-state index contributed by atoms with van der Waals surface area (Å²) in [6, 6.07) is 9.32. The number of nitrogens with one attached hydrogen (secondary N) is 2. The number of aromatic nitrogens is 1. The minimum Gasteiger partial charge on any atom is -0.355 e. The molecule has 2 amide bonds. The Balaban J connectivity index is 1.98. The van der Waals surface area contributed by atoms with Gasteiger partial charge >= 0.3 is 0 Å². The predicted octanol–water partition coefficient (Wildman–Crippen LogP) is 1.70. The third-order valence-corrected chi connectivity index (χ3v) is 4.68. The smallest absolute Gasteiger partial charge is 0.263 e. The summed E-state index contributed by atoms with van der Waals surface area (Å²) < 4.78 is 1.42. The highest BCUT2D eigenvalue weighted by Gasteiger charge is 2.34. The van der Waals surface area contributed by atoms with Crippen molar-refractivity contribution in [1.29, 1.82) is 0 Å². The van der Waals surface area contributed by atoms with Crippen LogP contribution in [0, 0.1) is 12.8 Å². The third kappa shape index (κ3) is 3.85. The van der Waals surface area contributed by atoms with Crippen LogP contribution in [0.4, 0.5) is 0 Å². The van der Waals surface area contributed by atoms with Crippen LogP contribution in [0.25, 0.3) is 0 Å². The number of nitrogens with zero attached hydrogens (tertiary/aromatic N) is 1. The standard InChI is InChI=1S/C20H23N3O3/c1-12-5-4-6-14(7-12)10-23-11-15(18(24)22-17-8-13(17)2)9-16(20(23)26)19(25)21-3/h4-7,9,11,13,17H,8,10H2,1-3H3,(H,21,25)(H,22,24). The van der Waals surface area contributed by atoms with E-state index in [1.54, 1.807) is 0 Å². The van der Waals surface area contributed by atoms with Crippen LogP contribution in [0.15, 0.2) is 41.3 Å². The molecule has 6 nitrogen and oxygen atoms in total. The molecule has 0 bridgehead atoms. The van der Waals surface area contributed by atoms with Gasteiger partial charge in [-0.1, -0.05) is 36.8 Å². The molecule has 26 heavy (non-hydrogen) atoms. The molecule has 1 fully saturated rings. The van der Waals surface area contributed by atoms with Gasteiger partial charge in [-0.05, 0) is 30.9 Å². The molecule has 1 heterocycles. The zero-order valence-corrected chi connectivity index (χ0v) is 15.2. The molecule has 1 saturated carbocycles. The maximum Gasteiger partial charge on any atom is 0.263 e. The molecule has 3 rings (SSSR count). The van der Waals surface area contributed by atoms with Crippen LogP contribution in [0.5, 0.6) is 0 Å². The first kappa shape index (κ1) is 17.9. The van der Waals surface area contributed by atoms with Gasteiger partial charge in [-0.25, -0.2) is 0 Å². The Hall–Kier alpha value is -2.89. The summed E-state index contributed by atoms with van der Waals surface area (Å²) in [6.45, 7) is 4.34. The Labute approximate surface area is 152 Å². The van der Waals surface area contributed by atoms with E-state index in [1.165, 1.54) is 23.9 Å². The van der Waals surface area contributed by atoms with Crippen molar-refractivity contribution in [3.05, 3.63) is 69.1 Å². The minimum atomic E-state index is -0.498. The number of aryl methyl sites for hydroxylation is 1. The molecule has 0 spiro atoms. The summed E-state index contributed by atoms with van der Waals surface area (Å²) in [5, 5.41) is 5.40. The van der Waals surface area contributed by atoms with Gasteiger partial charge in [-0.3, -0.25) is 14.4 Å². The van der Waals surface area contributed by atoms with Crippen molar-refractivity contribution in [3.8, 4) is 0 Å². The lowest BCUT2D eigenvalue weighted by atomic mass is 10.1. The van der Waals surface area contributed by atoms with Crippen LogP contribution in [-0.4, -0.2) is 29.5 Å².